The number of para-hydroxylation sites is 1. The molecule has 0 aromatic heterocycles. The van der Waals surface area contributed by atoms with Crippen LogP contribution in [0.2, 0.25) is 0 Å². The van der Waals surface area contributed by atoms with E-state index < -0.39 is 0 Å². The minimum atomic E-state index is 0.908. The minimum Gasteiger partial charge on any atom is -0.456 e. The van der Waals surface area contributed by atoms with Crippen molar-refractivity contribution in [3.63, 3.8) is 0 Å². The summed E-state index contributed by atoms with van der Waals surface area (Å²) in [7, 11) is 0. The summed E-state index contributed by atoms with van der Waals surface area (Å²) in [6.07, 6.45) is 0. The molecule has 1 aliphatic heterocycles. The van der Waals surface area contributed by atoms with E-state index in [1.807, 2.05) is 6.07 Å². The van der Waals surface area contributed by atoms with Crippen LogP contribution in [-0.4, -0.2) is 0 Å². The van der Waals surface area contributed by atoms with Gasteiger partial charge in [-0.3, -0.25) is 0 Å². The molecule has 0 aliphatic carbocycles. The highest BCUT2D eigenvalue weighted by Crippen LogP contribution is 2.51. The smallest absolute Gasteiger partial charge is 0.135 e. The highest BCUT2D eigenvalue weighted by molar-refractivity contribution is 6.26. The molecular formula is C46H28O. The first-order valence-corrected chi connectivity index (χ1v) is 16.2. The fourth-order valence-electron chi connectivity index (χ4n) is 7.82. The second kappa shape index (κ2) is 10.2. The van der Waals surface area contributed by atoms with Crippen LogP contribution >= 0.6 is 0 Å². The van der Waals surface area contributed by atoms with Crippen molar-refractivity contribution in [2.75, 3.05) is 0 Å². The first kappa shape index (κ1) is 26.1. The Morgan fingerprint density at radius 3 is 1.62 bits per heavy atom. The van der Waals surface area contributed by atoms with Gasteiger partial charge in [0.15, 0.2) is 0 Å². The van der Waals surface area contributed by atoms with Crippen molar-refractivity contribution in [3.8, 4) is 56.0 Å². The Kier molecular flexibility index (Phi) is 5.64. The molecule has 9 aromatic carbocycles. The minimum absolute atomic E-state index is 0.908. The van der Waals surface area contributed by atoms with Crippen LogP contribution in [-0.2, 0) is 0 Å². The number of fused-ring (bicyclic) bond motifs is 5. The Morgan fingerprint density at radius 1 is 0.298 bits per heavy atom. The second-order valence-corrected chi connectivity index (χ2v) is 12.4. The summed E-state index contributed by atoms with van der Waals surface area (Å²) in [5.41, 5.74) is 9.80. The largest absolute Gasteiger partial charge is 0.456 e. The SMILES string of the molecule is c1ccc(-c2cc(-c3c4ccccc4c(-c4ccc5c6c(cccc46)-c4ccccc4O5)c4ccccc34)c3ccccc3c2)cc1. The summed E-state index contributed by atoms with van der Waals surface area (Å²) >= 11 is 0. The van der Waals surface area contributed by atoms with Gasteiger partial charge in [0.05, 0.1) is 0 Å². The fourth-order valence-corrected chi connectivity index (χ4v) is 7.82. The van der Waals surface area contributed by atoms with E-state index in [1.54, 1.807) is 0 Å². The molecule has 1 nitrogen and oxygen atoms in total. The number of hydrogen-bond acceptors (Lipinski definition) is 1. The van der Waals surface area contributed by atoms with Gasteiger partial charge in [0.25, 0.3) is 0 Å². The van der Waals surface area contributed by atoms with Gasteiger partial charge < -0.3 is 4.74 Å². The zero-order valence-electron chi connectivity index (χ0n) is 25.6. The van der Waals surface area contributed by atoms with Crippen molar-refractivity contribution >= 4 is 43.1 Å². The van der Waals surface area contributed by atoms with E-state index in [0.717, 1.165) is 17.1 Å². The maximum Gasteiger partial charge on any atom is 0.135 e. The van der Waals surface area contributed by atoms with Crippen LogP contribution in [0.5, 0.6) is 11.5 Å². The lowest BCUT2D eigenvalue weighted by atomic mass is 9.82. The summed E-state index contributed by atoms with van der Waals surface area (Å²) in [5, 5.41) is 9.85. The molecule has 1 aliphatic rings. The summed E-state index contributed by atoms with van der Waals surface area (Å²) in [6, 6.07) is 61.6. The molecule has 0 bridgehead atoms. The van der Waals surface area contributed by atoms with Crippen LogP contribution in [0.3, 0.4) is 0 Å². The zero-order valence-corrected chi connectivity index (χ0v) is 25.6. The Morgan fingerprint density at radius 2 is 0.872 bits per heavy atom. The summed E-state index contributed by atoms with van der Waals surface area (Å²) in [4.78, 5) is 0. The van der Waals surface area contributed by atoms with E-state index in [-0.39, 0.29) is 0 Å². The average molecular weight is 597 g/mol. The number of benzene rings is 9. The van der Waals surface area contributed by atoms with Gasteiger partial charge in [-0.25, -0.2) is 0 Å². The molecule has 0 fully saturated rings. The summed E-state index contributed by atoms with van der Waals surface area (Å²) in [6.45, 7) is 0. The van der Waals surface area contributed by atoms with Gasteiger partial charge in [0.2, 0.25) is 0 Å². The van der Waals surface area contributed by atoms with Crippen molar-refractivity contribution in [1.29, 1.82) is 0 Å². The average Bonchev–Trinajstić information content (AvgIpc) is 3.14. The Bertz CT molecular complexity index is 2640. The molecule has 9 aromatic rings. The van der Waals surface area contributed by atoms with Gasteiger partial charge in [-0.2, -0.15) is 0 Å². The molecule has 0 unspecified atom stereocenters. The number of hydrogen-bond donors (Lipinski definition) is 0. The van der Waals surface area contributed by atoms with Crippen LogP contribution in [0, 0.1) is 0 Å². The van der Waals surface area contributed by atoms with Crippen molar-refractivity contribution in [2.45, 2.75) is 0 Å². The van der Waals surface area contributed by atoms with Crippen LogP contribution < -0.4 is 4.74 Å². The number of rotatable bonds is 3. The van der Waals surface area contributed by atoms with E-state index in [1.165, 1.54) is 82.0 Å². The second-order valence-electron chi connectivity index (χ2n) is 12.4. The van der Waals surface area contributed by atoms with Crippen LogP contribution in [0.1, 0.15) is 0 Å². The highest BCUT2D eigenvalue weighted by atomic mass is 16.5. The molecule has 0 spiro atoms. The van der Waals surface area contributed by atoms with Gasteiger partial charge in [-0.05, 0) is 107 Å². The fraction of sp³-hybridized carbons (Fsp3) is 0. The zero-order chi connectivity index (χ0) is 30.9. The number of ether oxygens (including phenoxy) is 1. The van der Waals surface area contributed by atoms with Crippen molar-refractivity contribution in [1.82, 2.24) is 0 Å². The standard InChI is InChI=1S/C46H28O/c1-2-13-29(14-3-1)31-27-30-15-4-5-16-32(30)41(28-31)45-37-20-8-6-18-35(37)44(36-19-7-9-21-38(36)45)40-25-26-43-46-34(22-12-23-39(40)46)33-17-10-11-24-42(33)47-43/h1-28H. The molecule has 0 saturated carbocycles. The molecule has 47 heavy (non-hydrogen) atoms. The maximum atomic E-state index is 6.48. The molecule has 0 radical (unpaired) electrons. The lowest BCUT2D eigenvalue weighted by molar-refractivity contribution is 0.487. The van der Waals surface area contributed by atoms with E-state index >= 15 is 0 Å². The molecular weight excluding hydrogens is 569 g/mol. The molecule has 10 rings (SSSR count). The normalized spacial score (nSPS) is 12.0. The van der Waals surface area contributed by atoms with Gasteiger partial charge in [-0.15, -0.1) is 0 Å². The first-order chi connectivity index (χ1) is 23.3. The van der Waals surface area contributed by atoms with Crippen LogP contribution in [0.4, 0.5) is 0 Å². The van der Waals surface area contributed by atoms with Crippen LogP contribution in [0.25, 0.3) is 87.6 Å². The third-order valence-electron chi connectivity index (χ3n) is 9.84. The van der Waals surface area contributed by atoms with Crippen molar-refractivity contribution in [2.24, 2.45) is 0 Å². The Labute approximate surface area is 272 Å². The molecule has 1 heterocycles. The van der Waals surface area contributed by atoms with E-state index in [2.05, 4.69) is 164 Å². The third-order valence-corrected chi connectivity index (χ3v) is 9.84. The molecule has 0 saturated heterocycles. The van der Waals surface area contributed by atoms with Crippen molar-refractivity contribution < 1.29 is 4.74 Å². The lowest BCUT2D eigenvalue weighted by Gasteiger charge is -2.24. The van der Waals surface area contributed by atoms with Crippen LogP contribution in [0.15, 0.2) is 170 Å². The summed E-state index contributed by atoms with van der Waals surface area (Å²) < 4.78 is 6.48. The van der Waals surface area contributed by atoms with Gasteiger partial charge in [-0.1, -0.05) is 140 Å². The summed E-state index contributed by atoms with van der Waals surface area (Å²) in [5.74, 6) is 1.82. The topological polar surface area (TPSA) is 9.23 Å². The van der Waals surface area contributed by atoms with E-state index in [9.17, 15) is 0 Å². The van der Waals surface area contributed by atoms with Crippen molar-refractivity contribution in [3.05, 3.63) is 170 Å². The quantitative estimate of drug-likeness (QED) is 0.184. The predicted octanol–water partition coefficient (Wildman–Crippen LogP) is 13.1. The highest BCUT2D eigenvalue weighted by Gasteiger charge is 2.24. The molecule has 1 heteroatoms. The predicted molar refractivity (Wildman–Crippen MR) is 198 cm³/mol. The third kappa shape index (κ3) is 3.90. The van der Waals surface area contributed by atoms with E-state index in [4.69, 9.17) is 4.74 Å². The van der Waals surface area contributed by atoms with Gasteiger partial charge in [0, 0.05) is 10.9 Å². The monoisotopic (exact) mass is 596 g/mol. The maximum absolute atomic E-state index is 6.48. The molecule has 0 atom stereocenters. The Balaban J connectivity index is 1.32. The molecule has 0 amide bonds. The van der Waals surface area contributed by atoms with Gasteiger partial charge in [0.1, 0.15) is 11.5 Å². The van der Waals surface area contributed by atoms with E-state index in [0.29, 0.717) is 0 Å². The molecule has 218 valence electrons. The first-order valence-electron chi connectivity index (χ1n) is 16.2. The van der Waals surface area contributed by atoms with Gasteiger partial charge >= 0.3 is 0 Å². The molecule has 0 N–H and O–H groups in total. The Hall–Kier alpha value is -6.18. The lowest BCUT2D eigenvalue weighted by Crippen LogP contribution is -1.98.